The van der Waals surface area contributed by atoms with Gasteiger partial charge in [-0.05, 0) is 29.8 Å². The predicted octanol–water partition coefficient (Wildman–Crippen LogP) is 2.91. The first-order chi connectivity index (χ1) is 18.0. The number of ether oxygens (including phenoxy) is 5. The first-order valence-corrected chi connectivity index (χ1v) is 11.6. The van der Waals surface area contributed by atoms with Crippen LogP contribution < -0.4 is 0 Å². The SMILES string of the molecule is COC(=O)C1O[C@H](OCc2ccccc2)[C@@H](OC(=O)c2ccccc2)[C@@H](OC(=O)c2ccccc2)C1O. The highest BCUT2D eigenvalue weighted by atomic mass is 16.7. The van der Waals surface area contributed by atoms with E-state index in [1.54, 1.807) is 48.5 Å². The number of rotatable bonds is 8. The van der Waals surface area contributed by atoms with Gasteiger partial charge in [0.05, 0.1) is 24.8 Å². The van der Waals surface area contributed by atoms with Crippen LogP contribution in [-0.2, 0) is 35.1 Å². The molecule has 0 amide bonds. The van der Waals surface area contributed by atoms with Gasteiger partial charge in [0, 0.05) is 0 Å². The third kappa shape index (κ3) is 6.39. The fraction of sp³-hybridized carbons (Fsp3) is 0.250. The zero-order chi connectivity index (χ0) is 26.2. The molecule has 0 aliphatic carbocycles. The van der Waals surface area contributed by atoms with Crippen molar-refractivity contribution in [3.63, 3.8) is 0 Å². The van der Waals surface area contributed by atoms with E-state index in [0.29, 0.717) is 0 Å². The van der Waals surface area contributed by atoms with Gasteiger partial charge in [-0.1, -0.05) is 66.7 Å². The Kier molecular flexibility index (Phi) is 8.63. The van der Waals surface area contributed by atoms with Crippen LogP contribution in [0.15, 0.2) is 91.0 Å². The maximum Gasteiger partial charge on any atom is 0.338 e. The number of esters is 3. The molecule has 5 atom stereocenters. The number of aliphatic hydroxyl groups excluding tert-OH is 1. The zero-order valence-corrected chi connectivity index (χ0v) is 20.0. The van der Waals surface area contributed by atoms with Crippen LogP contribution in [-0.4, -0.2) is 60.8 Å². The fourth-order valence-electron chi connectivity index (χ4n) is 3.81. The van der Waals surface area contributed by atoms with Crippen LogP contribution >= 0.6 is 0 Å². The summed E-state index contributed by atoms with van der Waals surface area (Å²) in [5.74, 6) is -2.46. The highest BCUT2D eigenvalue weighted by molar-refractivity contribution is 5.90. The lowest BCUT2D eigenvalue weighted by Gasteiger charge is -2.42. The molecule has 1 heterocycles. The van der Waals surface area contributed by atoms with Crippen LogP contribution in [0.25, 0.3) is 0 Å². The van der Waals surface area contributed by atoms with Crippen molar-refractivity contribution >= 4 is 17.9 Å². The van der Waals surface area contributed by atoms with Gasteiger partial charge in [0.15, 0.2) is 24.6 Å². The summed E-state index contributed by atoms with van der Waals surface area (Å²) in [4.78, 5) is 38.3. The normalized spacial score (nSPS) is 23.0. The summed E-state index contributed by atoms with van der Waals surface area (Å²) in [5.41, 5.74) is 1.20. The molecular formula is C28H26O9. The van der Waals surface area contributed by atoms with E-state index in [4.69, 9.17) is 23.7 Å². The predicted molar refractivity (Wildman–Crippen MR) is 129 cm³/mol. The number of carbonyl (C=O) groups is 3. The highest BCUT2D eigenvalue weighted by Crippen LogP contribution is 2.30. The highest BCUT2D eigenvalue weighted by Gasteiger charge is 2.53. The number of carbonyl (C=O) groups excluding carboxylic acids is 3. The molecule has 192 valence electrons. The Hall–Kier alpha value is -4.05. The lowest BCUT2D eigenvalue weighted by atomic mass is 9.98. The Morgan fingerprint density at radius 3 is 1.76 bits per heavy atom. The molecular weight excluding hydrogens is 480 g/mol. The summed E-state index contributed by atoms with van der Waals surface area (Å²) in [6.45, 7) is 0.0221. The molecule has 0 saturated carbocycles. The van der Waals surface area contributed by atoms with Gasteiger partial charge < -0.3 is 28.8 Å². The molecule has 3 aromatic rings. The van der Waals surface area contributed by atoms with E-state index in [1.165, 1.54) is 12.1 Å². The van der Waals surface area contributed by atoms with Crippen molar-refractivity contribution in [3.8, 4) is 0 Å². The largest absolute Gasteiger partial charge is 0.467 e. The van der Waals surface area contributed by atoms with E-state index in [2.05, 4.69) is 0 Å². The van der Waals surface area contributed by atoms with E-state index in [-0.39, 0.29) is 17.7 Å². The molecule has 3 aromatic carbocycles. The Labute approximate surface area is 213 Å². The van der Waals surface area contributed by atoms with Gasteiger partial charge in [-0.3, -0.25) is 0 Å². The minimum absolute atomic E-state index is 0.0221. The van der Waals surface area contributed by atoms with Crippen LogP contribution in [0.4, 0.5) is 0 Å². The van der Waals surface area contributed by atoms with E-state index >= 15 is 0 Å². The average molecular weight is 507 g/mol. The van der Waals surface area contributed by atoms with Crippen LogP contribution in [0.3, 0.4) is 0 Å². The molecule has 1 fully saturated rings. The summed E-state index contributed by atoms with van der Waals surface area (Å²) in [7, 11) is 1.13. The molecule has 37 heavy (non-hydrogen) atoms. The van der Waals surface area contributed by atoms with Crippen LogP contribution in [0.1, 0.15) is 26.3 Å². The third-order valence-corrected chi connectivity index (χ3v) is 5.72. The number of benzene rings is 3. The van der Waals surface area contributed by atoms with Gasteiger partial charge in [-0.15, -0.1) is 0 Å². The smallest absolute Gasteiger partial charge is 0.338 e. The zero-order valence-electron chi connectivity index (χ0n) is 20.0. The first kappa shape index (κ1) is 26.0. The lowest BCUT2D eigenvalue weighted by molar-refractivity contribution is -0.296. The Morgan fingerprint density at radius 1 is 0.757 bits per heavy atom. The molecule has 1 N–H and O–H groups in total. The molecule has 0 spiro atoms. The number of methoxy groups -OCH3 is 1. The van der Waals surface area contributed by atoms with Crippen molar-refractivity contribution in [2.45, 2.75) is 37.3 Å². The molecule has 9 heteroatoms. The van der Waals surface area contributed by atoms with Crippen molar-refractivity contribution in [2.24, 2.45) is 0 Å². The van der Waals surface area contributed by atoms with E-state index in [9.17, 15) is 19.5 Å². The monoisotopic (exact) mass is 506 g/mol. The number of aliphatic hydroxyl groups is 1. The second kappa shape index (κ2) is 12.3. The van der Waals surface area contributed by atoms with Crippen molar-refractivity contribution in [1.29, 1.82) is 0 Å². The van der Waals surface area contributed by atoms with Gasteiger partial charge in [-0.25, -0.2) is 14.4 Å². The van der Waals surface area contributed by atoms with Crippen LogP contribution in [0, 0.1) is 0 Å². The minimum Gasteiger partial charge on any atom is -0.467 e. The topological polar surface area (TPSA) is 118 Å². The lowest BCUT2D eigenvalue weighted by Crippen LogP contribution is -2.62. The Morgan fingerprint density at radius 2 is 1.24 bits per heavy atom. The minimum atomic E-state index is -1.72. The summed E-state index contributed by atoms with van der Waals surface area (Å²) < 4.78 is 27.7. The van der Waals surface area contributed by atoms with E-state index in [1.807, 2.05) is 30.3 Å². The van der Waals surface area contributed by atoms with Gasteiger partial charge >= 0.3 is 17.9 Å². The number of hydrogen-bond acceptors (Lipinski definition) is 9. The molecule has 4 rings (SSSR count). The van der Waals surface area contributed by atoms with Crippen molar-refractivity contribution in [2.75, 3.05) is 7.11 Å². The molecule has 0 aromatic heterocycles. The van der Waals surface area contributed by atoms with Gasteiger partial charge in [0.1, 0.15) is 6.10 Å². The van der Waals surface area contributed by atoms with Crippen molar-refractivity contribution in [1.82, 2.24) is 0 Å². The standard InChI is InChI=1S/C28H26O9/c1-33-27(32)23-21(29)22(35-25(30)19-13-7-3-8-14-19)24(36-26(31)20-15-9-4-10-16-20)28(37-23)34-17-18-11-5-2-6-12-18/h2-16,21-24,28-29H,17H2,1H3/t21?,22-,23?,24-,28-/m0/s1. The van der Waals surface area contributed by atoms with Crippen LogP contribution in [0.2, 0.25) is 0 Å². The van der Waals surface area contributed by atoms with Gasteiger partial charge in [-0.2, -0.15) is 0 Å². The third-order valence-electron chi connectivity index (χ3n) is 5.72. The molecule has 1 aliphatic heterocycles. The molecule has 1 aliphatic rings. The summed E-state index contributed by atoms with van der Waals surface area (Å²) in [5, 5.41) is 11.0. The van der Waals surface area contributed by atoms with Gasteiger partial charge in [0.2, 0.25) is 0 Å². The fourth-order valence-corrected chi connectivity index (χ4v) is 3.81. The van der Waals surface area contributed by atoms with Gasteiger partial charge in [0.25, 0.3) is 0 Å². The molecule has 0 radical (unpaired) electrons. The summed E-state index contributed by atoms with van der Waals surface area (Å²) in [6, 6.07) is 25.3. The summed E-state index contributed by atoms with van der Waals surface area (Å²) >= 11 is 0. The first-order valence-electron chi connectivity index (χ1n) is 11.6. The maximum atomic E-state index is 13.0. The number of hydrogen-bond donors (Lipinski definition) is 1. The second-order valence-corrected chi connectivity index (χ2v) is 8.21. The Bertz CT molecular complexity index is 1180. The maximum absolute atomic E-state index is 13.0. The van der Waals surface area contributed by atoms with Crippen molar-refractivity contribution < 1.29 is 43.2 Å². The van der Waals surface area contributed by atoms with E-state index < -0.39 is 48.6 Å². The quantitative estimate of drug-likeness (QED) is 0.363. The molecule has 2 unspecified atom stereocenters. The molecule has 1 saturated heterocycles. The van der Waals surface area contributed by atoms with Crippen molar-refractivity contribution in [3.05, 3.63) is 108 Å². The Balaban J connectivity index is 1.66. The average Bonchev–Trinajstić information content (AvgIpc) is 2.95. The molecule has 9 nitrogen and oxygen atoms in total. The van der Waals surface area contributed by atoms with Crippen LogP contribution in [0.5, 0.6) is 0 Å². The van der Waals surface area contributed by atoms with E-state index in [0.717, 1.165) is 12.7 Å². The second-order valence-electron chi connectivity index (χ2n) is 8.21. The summed E-state index contributed by atoms with van der Waals surface area (Å²) in [6.07, 6.45) is -7.59. The molecule has 0 bridgehead atoms.